The highest BCUT2D eigenvalue weighted by atomic mass is 31.2. The van der Waals surface area contributed by atoms with Crippen LogP contribution in [0, 0.1) is 0 Å². The maximum Gasteiger partial charge on any atom is 0.325 e. The zero-order valence-electron chi connectivity index (χ0n) is 36.2. The SMILES string of the molecule is CC(C)(C)OC1CCOC1.CC(C)(C)OCC(N)CO.CC(C)(C)P(C)(C)=O.CC(O)C(N)COC(C)(C)C.COCC(N)C(=O)OC(C)(C)C. The third-order valence-electron chi connectivity index (χ3n) is 6.37. The lowest BCUT2D eigenvalue weighted by Gasteiger charge is -2.23. The molecule has 1 fully saturated rings. The Morgan fingerprint density at radius 1 is 0.804 bits per heavy atom. The molecular weight excluding hydrogens is 677 g/mol. The van der Waals surface area contributed by atoms with E-state index in [1.54, 1.807) is 27.7 Å². The van der Waals surface area contributed by atoms with Gasteiger partial charge in [-0.1, -0.05) is 20.8 Å². The van der Waals surface area contributed by atoms with Crippen molar-refractivity contribution in [3.8, 4) is 0 Å². The van der Waals surface area contributed by atoms with Crippen LogP contribution in [0.5, 0.6) is 0 Å². The minimum absolute atomic E-state index is 0.00694. The Morgan fingerprint density at radius 3 is 1.51 bits per heavy atom. The minimum atomic E-state index is -1.85. The van der Waals surface area contributed by atoms with Crippen molar-refractivity contribution in [2.75, 3.05) is 60.1 Å². The van der Waals surface area contributed by atoms with E-state index in [0.29, 0.717) is 19.3 Å². The number of hydrogen-bond donors (Lipinski definition) is 5. The zero-order chi connectivity index (χ0) is 41.7. The molecule has 0 aromatic rings. The van der Waals surface area contributed by atoms with Crippen LogP contribution in [0.15, 0.2) is 0 Å². The fraction of sp³-hybridized carbons (Fsp3) is 0.973. The summed E-state index contributed by atoms with van der Waals surface area (Å²) in [6.45, 7) is 37.3. The van der Waals surface area contributed by atoms with Gasteiger partial charge in [-0.25, -0.2) is 0 Å². The van der Waals surface area contributed by atoms with E-state index in [9.17, 15) is 9.36 Å². The molecule has 0 amide bonds. The number of aliphatic hydroxyl groups excluding tert-OH is 2. The van der Waals surface area contributed by atoms with Crippen molar-refractivity contribution < 1.29 is 48.0 Å². The molecule has 1 heterocycles. The van der Waals surface area contributed by atoms with E-state index in [0.717, 1.165) is 19.6 Å². The molecule has 0 aromatic heterocycles. The minimum Gasteiger partial charge on any atom is -0.459 e. The molecule has 1 rings (SSSR count). The van der Waals surface area contributed by atoms with Crippen molar-refractivity contribution in [1.82, 2.24) is 0 Å². The van der Waals surface area contributed by atoms with E-state index in [4.69, 9.17) is 55.8 Å². The first-order valence-corrected chi connectivity index (χ1v) is 20.4. The summed E-state index contributed by atoms with van der Waals surface area (Å²) in [6.07, 6.45) is 0.884. The van der Waals surface area contributed by atoms with Crippen LogP contribution in [0.25, 0.3) is 0 Å². The summed E-state index contributed by atoms with van der Waals surface area (Å²) in [4.78, 5) is 11.1. The summed E-state index contributed by atoms with van der Waals surface area (Å²) in [5, 5.41) is 17.5. The number of esters is 1. The van der Waals surface area contributed by atoms with Gasteiger partial charge in [0.25, 0.3) is 0 Å². The van der Waals surface area contributed by atoms with Gasteiger partial charge in [0.15, 0.2) is 0 Å². The summed E-state index contributed by atoms with van der Waals surface area (Å²) >= 11 is 0. The lowest BCUT2D eigenvalue weighted by Crippen LogP contribution is -2.40. The summed E-state index contributed by atoms with van der Waals surface area (Å²) in [5.41, 5.74) is 15.6. The highest BCUT2D eigenvalue weighted by Crippen LogP contribution is 2.50. The van der Waals surface area contributed by atoms with Crippen molar-refractivity contribution in [3.05, 3.63) is 0 Å². The van der Waals surface area contributed by atoms with Crippen LogP contribution in [-0.2, 0) is 37.8 Å². The first-order chi connectivity index (χ1) is 22.5. The number of hydrogen-bond acceptors (Lipinski definition) is 13. The van der Waals surface area contributed by atoms with Gasteiger partial charge < -0.3 is 60.4 Å². The monoisotopic (exact) mass is 762 g/mol. The number of rotatable bonds is 10. The Labute approximate surface area is 313 Å². The van der Waals surface area contributed by atoms with Crippen molar-refractivity contribution in [3.63, 3.8) is 0 Å². The molecule has 1 aliphatic heterocycles. The molecule has 5 unspecified atom stereocenters. The molecule has 0 radical (unpaired) electrons. The fourth-order valence-electron chi connectivity index (χ4n) is 2.63. The third-order valence-corrected chi connectivity index (χ3v) is 9.60. The quantitative estimate of drug-likeness (QED) is 0.148. The van der Waals surface area contributed by atoms with Gasteiger partial charge in [-0.3, -0.25) is 4.79 Å². The normalized spacial score (nSPS) is 17.8. The topological polar surface area (TPSA) is 208 Å². The lowest BCUT2D eigenvalue weighted by molar-refractivity contribution is -0.157. The first kappa shape index (κ1) is 57.0. The number of carbonyl (C=O) groups is 1. The molecule has 0 bridgehead atoms. The summed E-state index contributed by atoms with van der Waals surface area (Å²) < 4.78 is 42.5. The second-order valence-corrected chi connectivity index (χ2v) is 22.1. The molecule has 0 spiro atoms. The Bertz CT molecular complexity index is 906. The highest BCUT2D eigenvalue weighted by Gasteiger charge is 2.26. The van der Waals surface area contributed by atoms with Crippen molar-refractivity contribution in [1.29, 1.82) is 0 Å². The smallest absolute Gasteiger partial charge is 0.325 e. The Hall–Kier alpha value is -0.700. The molecule has 0 aromatic carbocycles. The lowest BCUT2D eigenvalue weighted by atomic mass is 10.1. The van der Waals surface area contributed by atoms with E-state index in [2.05, 4.69) is 20.8 Å². The summed E-state index contributed by atoms with van der Waals surface area (Å²) in [5.74, 6) is -0.427. The number of nitrogens with two attached hydrogens (primary N) is 3. The Kier molecular flexibility index (Phi) is 29.3. The average Bonchev–Trinajstić information content (AvgIpc) is 3.40. The second-order valence-electron chi connectivity index (χ2n) is 18.0. The molecule has 0 saturated carbocycles. The third kappa shape index (κ3) is 43.6. The van der Waals surface area contributed by atoms with Crippen LogP contribution in [0.3, 0.4) is 0 Å². The molecule has 14 heteroatoms. The Morgan fingerprint density at radius 2 is 1.24 bits per heavy atom. The van der Waals surface area contributed by atoms with Crippen molar-refractivity contribution in [2.24, 2.45) is 17.2 Å². The van der Waals surface area contributed by atoms with E-state index >= 15 is 0 Å². The van der Waals surface area contributed by atoms with Gasteiger partial charge in [0, 0.05) is 18.9 Å². The molecule has 1 aliphatic rings. The molecular formula is C37H84N3O10P. The van der Waals surface area contributed by atoms with Crippen LogP contribution >= 0.6 is 7.14 Å². The second kappa shape index (κ2) is 26.2. The number of ether oxygens (including phenoxy) is 6. The van der Waals surface area contributed by atoms with Crippen LogP contribution in [0.1, 0.15) is 117 Å². The predicted octanol–water partition coefficient (Wildman–Crippen LogP) is 4.93. The van der Waals surface area contributed by atoms with E-state index in [1.807, 2.05) is 75.6 Å². The average molecular weight is 762 g/mol. The van der Waals surface area contributed by atoms with Gasteiger partial charge in [0.2, 0.25) is 0 Å². The van der Waals surface area contributed by atoms with Crippen molar-refractivity contribution in [2.45, 2.75) is 175 Å². The van der Waals surface area contributed by atoms with Gasteiger partial charge in [-0.05, 0) is 110 Å². The Balaban J connectivity index is -0.000000272. The van der Waals surface area contributed by atoms with Gasteiger partial charge >= 0.3 is 5.97 Å². The highest BCUT2D eigenvalue weighted by molar-refractivity contribution is 7.63. The molecule has 13 nitrogen and oxygen atoms in total. The van der Waals surface area contributed by atoms with Crippen LogP contribution in [-0.4, -0.2) is 134 Å². The largest absolute Gasteiger partial charge is 0.459 e. The molecule has 312 valence electrons. The molecule has 8 N–H and O–H groups in total. The standard InChI is InChI=1S/C8H17NO3.C8H19NO2.C8H16O2.C7H17NO2.C6H15OP/c1-8(2,3)12-7(10)6(9)5-11-4;1-6(10)7(9)5-11-8(2,3)4;1-8(2,3)10-7-4-5-9-6-7;1-7(2,3)10-5-6(8)4-9;1-6(2,3)8(4,5)7/h6H,5,9H2,1-4H3;6-7,10H,5,9H2,1-4H3;7H,4-6H2,1-3H3;6,9H,4-5,8H2,1-3H3;1-5H3. The molecule has 51 heavy (non-hydrogen) atoms. The van der Waals surface area contributed by atoms with E-state index in [-0.39, 0.29) is 47.3 Å². The molecule has 0 aliphatic carbocycles. The van der Waals surface area contributed by atoms with Gasteiger partial charge in [0.05, 0.1) is 81.3 Å². The van der Waals surface area contributed by atoms with Crippen LogP contribution in [0.2, 0.25) is 0 Å². The predicted molar refractivity (Wildman–Crippen MR) is 211 cm³/mol. The van der Waals surface area contributed by atoms with Crippen LogP contribution in [0.4, 0.5) is 0 Å². The summed E-state index contributed by atoms with van der Waals surface area (Å²) in [6, 6.07) is -1.22. The number of aliphatic hydroxyl groups is 2. The van der Waals surface area contributed by atoms with Gasteiger partial charge in [-0.15, -0.1) is 0 Å². The molecule has 1 saturated heterocycles. The first-order valence-electron chi connectivity index (χ1n) is 17.8. The van der Waals surface area contributed by atoms with Crippen molar-refractivity contribution >= 4 is 13.1 Å². The summed E-state index contributed by atoms with van der Waals surface area (Å²) in [7, 11) is -0.359. The number of methoxy groups -OCH3 is 1. The molecule has 5 atom stereocenters. The van der Waals surface area contributed by atoms with Crippen LogP contribution < -0.4 is 17.2 Å². The van der Waals surface area contributed by atoms with E-state index < -0.39 is 30.9 Å². The van der Waals surface area contributed by atoms with Gasteiger partial charge in [0.1, 0.15) is 11.6 Å². The fourth-order valence-corrected chi connectivity index (χ4v) is 2.63. The maximum atomic E-state index is 11.2. The number of carbonyl (C=O) groups excluding carboxylic acids is 1. The van der Waals surface area contributed by atoms with E-state index in [1.165, 1.54) is 7.11 Å². The zero-order valence-corrected chi connectivity index (χ0v) is 37.1. The maximum absolute atomic E-state index is 11.2. The van der Waals surface area contributed by atoms with Gasteiger partial charge in [-0.2, -0.15) is 0 Å².